The first-order valence-corrected chi connectivity index (χ1v) is 7.67. The van der Waals surface area contributed by atoms with Gasteiger partial charge in [-0.3, -0.25) is 9.59 Å². The summed E-state index contributed by atoms with van der Waals surface area (Å²) >= 11 is 0. The van der Waals surface area contributed by atoms with Gasteiger partial charge in [0.05, 0.1) is 23.5 Å². The Morgan fingerprint density at radius 2 is 1.83 bits per heavy atom. The predicted octanol–water partition coefficient (Wildman–Crippen LogP) is 3.20. The van der Waals surface area contributed by atoms with E-state index in [1.807, 2.05) is 26.0 Å². The van der Waals surface area contributed by atoms with Crippen molar-refractivity contribution in [3.05, 3.63) is 53.3 Å². The highest BCUT2D eigenvalue weighted by Crippen LogP contribution is 2.30. The second-order valence-corrected chi connectivity index (χ2v) is 5.90. The molecule has 0 bridgehead atoms. The summed E-state index contributed by atoms with van der Waals surface area (Å²) in [5, 5.41) is 8.37. The predicted molar refractivity (Wildman–Crippen MR) is 91.6 cm³/mol. The van der Waals surface area contributed by atoms with Crippen molar-refractivity contribution in [1.82, 2.24) is 0 Å². The fourth-order valence-electron chi connectivity index (χ4n) is 2.61. The van der Waals surface area contributed by atoms with E-state index in [1.54, 1.807) is 12.1 Å². The number of anilines is 3. The Hall–Kier alpha value is -2.89. The molecule has 3 N–H and O–H groups in total. The third-order valence-electron chi connectivity index (χ3n) is 4.08. The third-order valence-corrected chi connectivity index (χ3v) is 4.08. The molecule has 2 amide bonds. The molecule has 2 aromatic carbocycles. The Labute approximate surface area is 139 Å². The van der Waals surface area contributed by atoms with Gasteiger partial charge in [-0.25, -0.2) is 4.39 Å². The van der Waals surface area contributed by atoms with Crippen molar-refractivity contribution in [3.63, 3.8) is 0 Å². The van der Waals surface area contributed by atoms with Gasteiger partial charge in [-0.2, -0.15) is 0 Å². The molecule has 1 atom stereocenters. The van der Waals surface area contributed by atoms with Crippen LogP contribution in [0.5, 0.6) is 0 Å². The van der Waals surface area contributed by atoms with E-state index in [4.69, 9.17) is 0 Å². The number of amides is 2. The fraction of sp³-hybridized carbons (Fsp3) is 0.222. The van der Waals surface area contributed by atoms with Crippen molar-refractivity contribution in [2.45, 2.75) is 26.3 Å². The Bertz CT molecular complexity index is 820. The summed E-state index contributed by atoms with van der Waals surface area (Å²) < 4.78 is 13.6. The molecule has 0 unspecified atom stereocenters. The molecule has 1 aliphatic heterocycles. The molecule has 2 aromatic rings. The van der Waals surface area contributed by atoms with E-state index >= 15 is 0 Å². The topological polar surface area (TPSA) is 70.2 Å². The van der Waals surface area contributed by atoms with Gasteiger partial charge in [0.15, 0.2) is 0 Å². The van der Waals surface area contributed by atoms with Gasteiger partial charge in [-0.05, 0) is 49.2 Å². The number of hydrogen-bond acceptors (Lipinski definition) is 3. The van der Waals surface area contributed by atoms with Crippen LogP contribution in [-0.2, 0) is 9.59 Å². The first kappa shape index (κ1) is 16.0. The van der Waals surface area contributed by atoms with Crippen molar-refractivity contribution < 1.29 is 14.0 Å². The van der Waals surface area contributed by atoms with Gasteiger partial charge in [0.2, 0.25) is 11.8 Å². The minimum absolute atomic E-state index is 0.0907. The van der Waals surface area contributed by atoms with Crippen molar-refractivity contribution in [3.8, 4) is 0 Å². The number of carbonyl (C=O) groups is 2. The molecule has 0 saturated heterocycles. The Balaban J connectivity index is 1.71. The molecule has 1 heterocycles. The number of hydrogen-bond donors (Lipinski definition) is 3. The van der Waals surface area contributed by atoms with Crippen LogP contribution in [0.2, 0.25) is 0 Å². The van der Waals surface area contributed by atoms with Gasteiger partial charge in [0.1, 0.15) is 11.9 Å². The molecule has 0 aromatic heterocycles. The minimum atomic E-state index is -0.702. The quantitative estimate of drug-likeness (QED) is 0.811. The molecular weight excluding hydrogens is 309 g/mol. The number of aryl methyl sites for hydroxylation is 2. The molecule has 24 heavy (non-hydrogen) atoms. The zero-order chi connectivity index (χ0) is 17.3. The summed E-state index contributed by atoms with van der Waals surface area (Å²) in [4.78, 5) is 24.3. The van der Waals surface area contributed by atoms with E-state index in [0.717, 1.165) is 16.8 Å². The van der Waals surface area contributed by atoms with Crippen molar-refractivity contribution >= 4 is 28.9 Å². The molecule has 3 rings (SSSR count). The first-order chi connectivity index (χ1) is 11.4. The molecule has 0 radical (unpaired) electrons. The summed E-state index contributed by atoms with van der Waals surface area (Å²) in [5.74, 6) is -1.22. The van der Waals surface area contributed by atoms with Gasteiger partial charge < -0.3 is 16.0 Å². The van der Waals surface area contributed by atoms with Crippen LogP contribution in [0.25, 0.3) is 0 Å². The average molecular weight is 327 g/mol. The van der Waals surface area contributed by atoms with Crippen LogP contribution in [0, 0.1) is 19.7 Å². The van der Waals surface area contributed by atoms with Crippen LogP contribution in [0.15, 0.2) is 36.4 Å². The van der Waals surface area contributed by atoms with Crippen LogP contribution < -0.4 is 16.0 Å². The zero-order valence-corrected chi connectivity index (χ0v) is 13.4. The monoisotopic (exact) mass is 327 g/mol. The second-order valence-electron chi connectivity index (χ2n) is 5.90. The molecule has 5 nitrogen and oxygen atoms in total. The standard InChI is InChI=1S/C18H18FN3O2/c1-10-7-14-15(8-11(10)2)22-18(24)16(20-14)9-17(23)21-13-6-4-3-5-12(13)19/h3-8,16,20H,9H2,1-2H3,(H,21,23)(H,22,24)/t16-/m0/s1. The lowest BCUT2D eigenvalue weighted by molar-refractivity contribution is -0.122. The van der Waals surface area contributed by atoms with Gasteiger partial charge in [-0.1, -0.05) is 12.1 Å². The number of benzene rings is 2. The first-order valence-electron chi connectivity index (χ1n) is 7.67. The smallest absolute Gasteiger partial charge is 0.247 e. The Morgan fingerprint density at radius 3 is 2.54 bits per heavy atom. The largest absolute Gasteiger partial charge is 0.372 e. The van der Waals surface area contributed by atoms with Gasteiger partial charge in [-0.15, -0.1) is 0 Å². The molecular formula is C18H18FN3O2. The van der Waals surface area contributed by atoms with Crippen LogP contribution >= 0.6 is 0 Å². The SMILES string of the molecule is Cc1cc2c(cc1C)N[C@@H](CC(=O)Nc1ccccc1F)C(=O)N2. The number of halogens is 1. The normalized spacial score (nSPS) is 16.0. The molecule has 0 saturated carbocycles. The third kappa shape index (κ3) is 3.22. The summed E-state index contributed by atoms with van der Waals surface area (Å²) in [6, 6.07) is 9.04. The molecule has 0 aliphatic carbocycles. The maximum Gasteiger partial charge on any atom is 0.247 e. The number of carbonyl (C=O) groups excluding carboxylic acids is 2. The van der Waals surface area contributed by atoms with Crippen LogP contribution in [0.3, 0.4) is 0 Å². The van der Waals surface area contributed by atoms with E-state index in [0.29, 0.717) is 5.69 Å². The minimum Gasteiger partial charge on any atom is -0.372 e. The van der Waals surface area contributed by atoms with Crippen LogP contribution in [0.4, 0.5) is 21.5 Å². The lowest BCUT2D eigenvalue weighted by Crippen LogP contribution is -2.41. The van der Waals surface area contributed by atoms with E-state index < -0.39 is 17.8 Å². The zero-order valence-electron chi connectivity index (χ0n) is 13.4. The highest BCUT2D eigenvalue weighted by Gasteiger charge is 2.28. The van der Waals surface area contributed by atoms with Crippen molar-refractivity contribution in [1.29, 1.82) is 0 Å². The lowest BCUT2D eigenvalue weighted by atomic mass is 10.0. The molecule has 124 valence electrons. The van der Waals surface area contributed by atoms with Gasteiger partial charge in [0, 0.05) is 0 Å². The fourth-order valence-corrected chi connectivity index (χ4v) is 2.61. The Morgan fingerprint density at radius 1 is 1.17 bits per heavy atom. The van der Waals surface area contributed by atoms with Crippen LogP contribution in [-0.4, -0.2) is 17.9 Å². The summed E-state index contributed by atoms with van der Waals surface area (Å²) in [6.45, 7) is 3.95. The highest BCUT2D eigenvalue weighted by molar-refractivity contribution is 6.06. The van der Waals surface area contributed by atoms with Crippen molar-refractivity contribution in [2.75, 3.05) is 16.0 Å². The highest BCUT2D eigenvalue weighted by atomic mass is 19.1. The average Bonchev–Trinajstić information content (AvgIpc) is 2.52. The number of para-hydroxylation sites is 1. The van der Waals surface area contributed by atoms with E-state index in [9.17, 15) is 14.0 Å². The number of rotatable bonds is 3. The Kier molecular flexibility index (Phi) is 4.20. The molecule has 6 heteroatoms. The molecule has 0 spiro atoms. The summed E-state index contributed by atoms with van der Waals surface area (Å²) in [5.41, 5.74) is 3.75. The lowest BCUT2D eigenvalue weighted by Gasteiger charge is -2.27. The maximum atomic E-state index is 13.6. The van der Waals surface area contributed by atoms with Gasteiger partial charge in [0.25, 0.3) is 0 Å². The maximum absolute atomic E-state index is 13.6. The summed E-state index contributed by atoms with van der Waals surface area (Å²) in [6.07, 6.45) is -0.0907. The van der Waals surface area contributed by atoms with E-state index in [-0.39, 0.29) is 18.0 Å². The number of nitrogens with one attached hydrogen (secondary N) is 3. The number of fused-ring (bicyclic) bond motifs is 1. The van der Waals surface area contributed by atoms with Gasteiger partial charge >= 0.3 is 0 Å². The van der Waals surface area contributed by atoms with Crippen LogP contribution in [0.1, 0.15) is 17.5 Å². The molecule has 0 fully saturated rings. The molecule has 1 aliphatic rings. The summed E-state index contributed by atoms with van der Waals surface area (Å²) in [7, 11) is 0. The van der Waals surface area contributed by atoms with E-state index in [1.165, 1.54) is 12.1 Å². The van der Waals surface area contributed by atoms with Crippen molar-refractivity contribution in [2.24, 2.45) is 0 Å². The van der Waals surface area contributed by atoms with E-state index in [2.05, 4.69) is 16.0 Å². The second kappa shape index (κ2) is 6.31.